The van der Waals surface area contributed by atoms with E-state index in [0.29, 0.717) is 50.8 Å². The van der Waals surface area contributed by atoms with E-state index >= 15 is 0 Å². The molecule has 0 aromatic heterocycles. The molecule has 11 heteroatoms. The fourth-order valence-electron chi connectivity index (χ4n) is 11.5. The molecule has 0 saturated heterocycles. The van der Waals surface area contributed by atoms with Crippen molar-refractivity contribution in [2.45, 2.75) is 101 Å². The van der Waals surface area contributed by atoms with Gasteiger partial charge in [0, 0.05) is 49.7 Å². The van der Waals surface area contributed by atoms with Crippen LogP contribution in [0, 0.1) is 35.0 Å². The van der Waals surface area contributed by atoms with E-state index in [1.54, 1.807) is 7.11 Å². The molecule has 4 aliphatic rings. The van der Waals surface area contributed by atoms with Gasteiger partial charge in [0.05, 0.1) is 31.5 Å². The number of rotatable bonds is 21. The molecular weight excluding hydrogens is 795 g/mol. The van der Waals surface area contributed by atoms with E-state index in [9.17, 15) is 30.3 Å². The summed E-state index contributed by atoms with van der Waals surface area (Å²) in [6, 6.07) is 8.94. The number of hydrogen-bond donors (Lipinski definition) is 8. The first-order chi connectivity index (χ1) is 30.3. The van der Waals surface area contributed by atoms with Crippen LogP contribution < -0.4 is 16.0 Å². The van der Waals surface area contributed by atoms with E-state index in [0.717, 1.165) is 68.2 Å². The third-order valence-electron chi connectivity index (χ3n) is 15.0. The summed E-state index contributed by atoms with van der Waals surface area (Å²) in [7, 11) is 5.63. The Morgan fingerprint density at radius 2 is 1.87 bits per heavy atom. The van der Waals surface area contributed by atoms with Crippen LogP contribution in [0.2, 0.25) is 0 Å². The quantitative estimate of drug-likeness (QED) is 0.0364. The van der Waals surface area contributed by atoms with Gasteiger partial charge in [-0.05, 0) is 145 Å². The Bertz CT molecular complexity index is 1810. The average Bonchev–Trinajstić information content (AvgIpc) is 3.63. The van der Waals surface area contributed by atoms with Gasteiger partial charge in [-0.1, -0.05) is 84.0 Å². The Morgan fingerprint density at radius 3 is 2.59 bits per heavy atom. The maximum absolute atomic E-state index is 13.0. The maximum Gasteiger partial charge on any atom is 0.145 e. The fraction of sp³-hybridized carbons (Fsp3) is 0.635. The summed E-state index contributed by atoms with van der Waals surface area (Å²) in [6.07, 6.45) is 18.2. The van der Waals surface area contributed by atoms with Gasteiger partial charge in [0.15, 0.2) is 0 Å². The summed E-state index contributed by atoms with van der Waals surface area (Å²) in [4.78, 5) is 12.5. The van der Waals surface area contributed by atoms with Gasteiger partial charge in [-0.2, -0.15) is 0 Å². The highest BCUT2D eigenvalue weighted by molar-refractivity contribution is 5.74. The van der Waals surface area contributed by atoms with Gasteiger partial charge in [0.25, 0.3) is 0 Å². The van der Waals surface area contributed by atoms with Gasteiger partial charge in [-0.25, -0.2) is 0 Å². The highest BCUT2D eigenvalue weighted by Gasteiger charge is 2.68. The van der Waals surface area contributed by atoms with E-state index in [1.165, 1.54) is 16.7 Å². The second-order valence-electron chi connectivity index (χ2n) is 19.1. The molecule has 1 aliphatic heterocycles. The predicted molar refractivity (Wildman–Crippen MR) is 251 cm³/mol. The molecule has 4 bridgehead atoms. The van der Waals surface area contributed by atoms with Gasteiger partial charge in [-0.3, -0.25) is 4.79 Å². The third-order valence-corrected chi connectivity index (χ3v) is 15.0. The molecule has 8 N–H and O–H groups in total. The molecule has 350 valence electrons. The summed E-state index contributed by atoms with van der Waals surface area (Å²) in [5.41, 5.74) is 4.83. The summed E-state index contributed by atoms with van der Waals surface area (Å²) < 4.78 is 11.6. The van der Waals surface area contributed by atoms with Crippen LogP contribution in [0.5, 0.6) is 0 Å². The molecule has 2 saturated carbocycles. The molecule has 0 radical (unpaired) electrons. The monoisotopic (exact) mass is 874 g/mol. The van der Waals surface area contributed by atoms with Crippen LogP contribution in [0.1, 0.15) is 76.3 Å². The number of hydrogen-bond acceptors (Lipinski definition) is 11. The van der Waals surface area contributed by atoms with Crippen molar-refractivity contribution >= 4 is 6.29 Å². The van der Waals surface area contributed by atoms with Crippen molar-refractivity contribution in [1.82, 2.24) is 16.0 Å². The molecule has 1 aromatic carbocycles. The first-order valence-electron chi connectivity index (χ1n) is 23.4. The molecular formula is C52H79N3O8. The van der Waals surface area contributed by atoms with E-state index in [-0.39, 0.29) is 49.0 Å². The number of methoxy groups -OCH3 is 1. The number of ether oxygens (including phenoxy) is 2. The minimum absolute atomic E-state index is 0.0553. The molecule has 1 heterocycles. The van der Waals surface area contributed by atoms with Gasteiger partial charge in [0.2, 0.25) is 0 Å². The summed E-state index contributed by atoms with van der Waals surface area (Å²) >= 11 is 0. The first-order valence-corrected chi connectivity index (χ1v) is 23.4. The first kappa shape index (κ1) is 50.9. The van der Waals surface area contributed by atoms with Crippen molar-refractivity contribution in [2.24, 2.45) is 35.0 Å². The lowest BCUT2D eigenvalue weighted by atomic mass is 9.45. The van der Waals surface area contributed by atoms with Gasteiger partial charge in [-0.15, -0.1) is 0 Å². The lowest BCUT2D eigenvalue weighted by Gasteiger charge is -2.61. The van der Waals surface area contributed by atoms with Crippen molar-refractivity contribution in [3.63, 3.8) is 0 Å². The van der Waals surface area contributed by atoms with E-state index in [4.69, 9.17) is 9.47 Å². The molecule has 11 nitrogen and oxygen atoms in total. The molecule has 63 heavy (non-hydrogen) atoms. The van der Waals surface area contributed by atoms with Crippen LogP contribution in [-0.2, 0) is 27.1 Å². The topological polar surface area (TPSA) is 173 Å². The van der Waals surface area contributed by atoms with E-state index in [1.807, 2.05) is 33.2 Å². The number of fused-ring (bicyclic) bond motifs is 5. The van der Waals surface area contributed by atoms with Gasteiger partial charge in [0.1, 0.15) is 12.4 Å². The third kappa shape index (κ3) is 12.0. The SMILES string of the molecule is C=C(/C=C/C=C(/COC[C@H](O)CO)[C@@H]1CC[C@]2([C@@H]1O)[C@@H]1C(=C(C)C=O)[C@@H](C=C[C@@H]1CCO)C[C@]2(O)CCNC)[C@H]1C/C=C(\C)CN[C@](CCNC)(CCOC)Cc2cccc(c2)C1. The summed E-state index contributed by atoms with van der Waals surface area (Å²) in [5.74, 6) is -0.943. The van der Waals surface area contributed by atoms with Crippen molar-refractivity contribution in [1.29, 1.82) is 0 Å². The second-order valence-corrected chi connectivity index (χ2v) is 19.1. The number of carbonyl (C=O) groups is 1. The molecule has 3 aliphatic carbocycles. The van der Waals surface area contributed by atoms with E-state index in [2.05, 4.69) is 78.0 Å². The zero-order chi connectivity index (χ0) is 45.6. The largest absolute Gasteiger partial charge is 0.396 e. The molecule has 0 amide bonds. The van der Waals surface area contributed by atoms with Crippen molar-refractivity contribution in [3.05, 3.63) is 106 Å². The Labute approximate surface area is 377 Å². The van der Waals surface area contributed by atoms with Crippen molar-refractivity contribution < 1.29 is 39.8 Å². The average molecular weight is 874 g/mol. The number of carbonyl (C=O) groups excluding carboxylic acids is 1. The van der Waals surface area contributed by atoms with Crippen LogP contribution in [0.4, 0.5) is 0 Å². The Balaban J connectivity index is 1.48. The molecule has 2 fully saturated rings. The van der Waals surface area contributed by atoms with Crippen molar-refractivity contribution in [2.75, 3.05) is 73.9 Å². The molecule has 0 unspecified atom stereocenters. The van der Waals surface area contributed by atoms with Crippen LogP contribution in [0.15, 0.2) is 95.2 Å². The van der Waals surface area contributed by atoms with Crippen LogP contribution in [-0.4, -0.2) is 129 Å². The maximum atomic E-state index is 13.0. The van der Waals surface area contributed by atoms with Crippen LogP contribution >= 0.6 is 0 Å². The minimum Gasteiger partial charge on any atom is -0.396 e. The highest BCUT2D eigenvalue weighted by atomic mass is 16.5. The van der Waals surface area contributed by atoms with Crippen molar-refractivity contribution in [3.8, 4) is 0 Å². The summed E-state index contributed by atoms with van der Waals surface area (Å²) in [5, 5.41) is 66.5. The van der Waals surface area contributed by atoms with Gasteiger partial charge < -0.3 is 51.0 Å². The lowest BCUT2D eigenvalue weighted by molar-refractivity contribution is -0.194. The molecule has 1 aromatic rings. The minimum atomic E-state index is -1.27. The number of benzene rings is 1. The number of aliphatic hydroxyl groups is 5. The smallest absolute Gasteiger partial charge is 0.145 e. The normalized spacial score (nSPS) is 33.4. The van der Waals surface area contributed by atoms with E-state index < -0.39 is 35.7 Å². The number of nitrogens with one attached hydrogen (secondary N) is 3. The second kappa shape index (κ2) is 23.9. The Kier molecular flexibility index (Phi) is 19.3. The number of allylic oxidation sites excluding steroid dienone is 9. The molecule has 10 atom stereocenters. The molecule has 1 spiro atoms. The zero-order valence-corrected chi connectivity index (χ0v) is 38.8. The van der Waals surface area contributed by atoms with Gasteiger partial charge >= 0.3 is 0 Å². The van der Waals surface area contributed by atoms with Crippen LogP contribution in [0.3, 0.4) is 0 Å². The highest BCUT2D eigenvalue weighted by Crippen LogP contribution is 2.67. The molecule has 5 rings (SSSR count). The number of aldehydes is 1. The predicted octanol–water partition coefficient (Wildman–Crippen LogP) is 4.94. The zero-order valence-electron chi connectivity index (χ0n) is 38.8. The lowest BCUT2D eigenvalue weighted by Crippen LogP contribution is -2.65. The Hall–Kier alpha value is -3.07. The summed E-state index contributed by atoms with van der Waals surface area (Å²) in [6.45, 7) is 11.1. The number of aliphatic hydroxyl groups excluding tert-OH is 4. The fourth-order valence-corrected chi connectivity index (χ4v) is 11.5. The van der Waals surface area contributed by atoms with Crippen LogP contribution in [0.25, 0.3) is 0 Å². The standard InChI is InChI=1S/C52H79N3O8/c1-36-13-14-42(28-39-10-8-11-40(27-39)29-50(55-31-36,20-23-53-4)22-26-62-6)37(2)9-7-12-44(34-63-35-45(59)33-58)46-17-19-52(49(46)60)48-41(18-25-56)15-16-43(47(48)38(3)32-57)30-51(52,61)21-24-54-5/h7-13,15-16,27,32,41-43,45-46,48-49,53-56,58-61H,2,14,17-26,28-31,33-35H2,1,3-6H3/b9-7+,36-13+,44-12-,47-38?/t41-,42+,43+,45-,46+,48+,49-,50-,51-,52-/m1/s1. The Morgan fingerprint density at radius 1 is 1.11 bits per heavy atom.